The molecule has 17 heavy (non-hydrogen) atoms. The summed E-state index contributed by atoms with van der Waals surface area (Å²) in [6.45, 7) is 0.885. The average Bonchev–Trinajstić information content (AvgIpc) is 2.32. The monoisotopic (exact) mass is 301 g/mol. The Morgan fingerprint density at radius 2 is 2.06 bits per heavy atom. The fourth-order valence-corrected chi connectivity index (χ4v) is 2.26. The van der Waals surface area contributed by atoms with Crippen molar-refractivity contribution in [1.29, 1.82) is 0 Å². The molecule has 0 saturated carbocycles. The highest BCUT2D eigenvalue weighted by Gasteiger charge is 2.37. The minimum atomic E-state index is -1.00. The van der Waals surface area contributed by atoms with Crippen molar-refractivity contribution < 1.29 is 13.9 Å². The van der Waals surface area contributed by atoms with Crippen LogP contribution in [-0.4, -0.2) is 24.5 Å². The largest absolute Gasteiger partial charge is 0.381 e. The van der Waals surface area contributed by atoms with Crippen molar-refractivity contribution in [2.24, 2.45) is 5.73 Å². The molecule has 0 amide bonds. The molecule has 3 nitrogen and oxygen atoms in total. The molecule has 0 aliphatic carbocycles. The van der Waals surface area contributed by atoms with E-state index in [1.165, 1.54) is 12.1 Å². The lowest BCUT2D eigenvalue weighted by atomic mass is 9.83. The number of carbonyl (C=O) groups is 1. The Bertz CT molecular complexity index is 444. The van der Waals surface area contributed by atoms with Crippen LogP contribution in [0, 0.1) is 5.82 Å². The average molecular weight is 302 g/mol. The first kappa shape index (κ1) is 12.7. The number of halogens is 2. The molecule has 0 bridgehead atoms. The highest BCUT2D eigenvalue weighted by molar-refractivity contribution is 9.10. The predicted molar refractivity (Wildman–Crippen MR) is 65.4 cm³/mol. The molecule has 1 aromatic rings. The molecule has 0 radical (unpaired) electrons. The van der Waals surface area contributed by atoms with E-state index in [2.05, 4.69) is 15.9 Å². The molecule has 1 heterocycles. The van der Waals surface area contributed by atoms with Crippen LogP contribution in [0.2, 0.25) is 0 Å². The maximum atomic E-state index is 13.6. The summed E-state index contributed by atoms with van der Waals surface area (Å²) >= 11 is 3.22. The number of benzene rings is 1. The van der Waals surface area contributed by atoms with Crippen LogP contribution in [-0.2, 0) is 4.74 Å². The van der Waals surface area contributed by atoms with E-state index in [4.69, 9.17) is 10.5 Å². The van der Waals surface area contributed by atoms with Gasteiger partial charge >= 0.3 is 0 Å². The second-order valence-corrected chi connectivity index (χ2v) is 5.14. The van der Waals surface area contributed by atoms with Crippen LogP contribution in [0.15, 0.2) is 22.7 Å². The van der Waals surface area contributed by atoms with Gasteiger partial charge in [-0.3, -0.25) is 4.79 Å². The molecular formula is C12H13BrFNO2. The number of carbonyl (C=O) groups excluding carboxylic acids is 1. The van der Waals surface area contributed by atoms with E-state index in [1.807, 2.05) is 0 Å². The second-order valence-electron chi connectivity index (χ2n) is 4.22. The molecule has 1 fully saturated rings. The molecule has 0 aromatic heterocycles. The van der Waals surface area contributed by atoms with Crippen LogP contribution >= 0.6 is 15.9 Å². The Kier molecular flexibility index (Phi) is 3.61. The first-order valence-electron chi connectivity index (χ1n) is 5.39. The number of ether oxygens (including phenoxy) is 1. The lowest BCUT2D eigenvalue weighted by Gasteiger charge is -2.31. The first-order valence-corrected chi connectivity index (χ1v) is 6.19. The lowest BCUT2D eigenvalue weighted by molar-refractivity contribution is 0.0445. The Morgan fingerprint density at radius 3 is 2.71 bits per heavy atom. The standard InChI is InChI=1S/C12H13BrFNO2/c13-8-1-2-10(14)9(7-8)11(16)12(15)3-5-17-6-4-12/h1-2,7H,3-6,15H2. The van der Waals surface area contributed by atoms with Crippen LogP contribution in [0.3, 0.4) is 0 Å². The molecule has 2 rings (SSSR count). The summed E-state index contributed by atoms with van der Waals surface area (Å²) in [7, 11) is 0. The van der Waals surface area contributed by atoms with Crippen molar-refractivity contribution >= 4 is 21.7 Å². The van der Waals surface area contributed by atoms with Gasteiger partial charge in [0.2, 0.25) is 0 Å². The third-order valence-corrected chi connectivity index (χ3v) is 3.50. The number of ketones is 1. The van der Waals surface area contributed by atoms with Crippen molar-refractivity contribution in [3.05, 3.63) is 34.1 Å². The van der Waals surface area contributed by atoms with Crippen LogP contribution in [0.5, 0.6) is 0 Å². The Labute approximate surface area is 107 Å². The molecule has 1 aliphatic rings. The Hall–Kier alpha value is -0.780. The smallest absolute Gasteiger partial charge is 0.185 e. The quantitative estimate of drug-likeness (QED) is 0.853. The van der Waals surface area contributed by atoms with Crippen LogP contribution in [0.4, 0.5) is 4.39 Å². The zero-order chi connectivity index (χ0) is 12.5. The fourth-order valence-electron chi connectivity index (χ4n) is 1.90. The summed E-state index contributed by atoms with van der Waals surface area (Å²) in [5, 5.41) is 0. The Morgan fingerprint density at radius 1 is 1.41 bits per heavy atom. The normalized spacial score (nSPS) is 19.0. The Balaban J connectivity index is 2.32. The van der Waals surface area contributed by atoms with Crippen molar-refractivity contribution in [2.45, 2.75) is 18.4 Å². The van der Waals surface area contributed by atoms with Crippen LogP contribution < -0.4 is 5.73 Å². The minimum Gasteiger partial charge on any atom is -0.381 e. The fraction of sp³-hybridized carbons (Fsp3) is 0.417. The molecule has 5 heteroatoms. The minimum absolute atomic E-state index is 0.0452. The van der Waals surface area contributed by atoms with E-state index in [1.54, 1.807) is 6.07 Å². The third kappa shape index (κ3) is 2.56. The van der Waals surface area contributed by atoms with Gasteiger partial charge in [0.1, 0.15) is 5.82 Å². The second kappa shape index (κ2) is 4.84. The summed E-state index contributed by atoms with van der Waals surface area (Å²) in [6.07, 6.45) is 0.857. The number of hydrogen-bond acceptors (Lipinski definition) is 3. The van der Waals surface area contributed by atoms with Gasteiger partial charge in [0.15, 0.2) is 5.78 Å². The van der Waals surface area contributed by atoms with Gasteiger partial charge in [0.25, 0.3) is 0 Å². The van der Waals surface area contributed by atoms with E-state index in [0.29, 0.717) is 30.5 Å². The summed E-state index contributed by atoms with van der Waals surface area (Å²) in [5.41, 5.74) is 5.09. The summed E-state index contributed by atoms with van der Waals surface area (Å²) in [6, 6.07) is 4.29. The van der Waals surface area contributed by atoms with Crippen molar-refractivity contribution in [3.63, 3.8) is 0 Å². The van der Waals surface area contributed by atoms with E-state index in [-0.39, 0.29) is 11.3 Å². The van der Waals surface area contributed by atoms with Gasteiger partial charge in [-0.1, -0.05) is 15.9 Å². The molecule has 0 spiro atoms. The van der Waals surface area contributed by atoms with Crippen molar-refractivity contribution in [2.75, 3.05) is 13.2 Å². The summed E-state index contributed by atoms with van der Waals surface area (Å²) in [4.78, 5) is 12.3. The van der Waals surface area contributed by atoms with Gasteiger partial charge in [-0.25, -0.2) is 4.39 Å². The third-order valence-electron chi connectivity index (χ3n) is 3.01. The zero-order valence-electron chi connectivity index (χ0n) is 9.21. The lowest BCUT2D eigenvalue weighted by Crippen LogP contribution is -2.52. The molecular weight excluding hydrogens is 289 g/mol. The van der Waals surface area contributed by atoms with Crippen LogP contribution in [0.1, 0.15) is 23.2 Å². The van der Waals surface area contributed by atoms with Crippen molar-refractivity contribution in [1.82, 2.24) is 0 Å². The van der Waals surface area contributed by atoms with Gasteiger partial charge < -0.3 is 10.5 Å². The number of hydrogen-bond donors (Lipinski definition) is 1. The van der Waals surface area contributed by atoms with Gasteiger partial charge in [0.05, 0.1) is 11.1 Å². The maximum Gasteiger partial charge on any atom is 0.185 e. The highest BCUT2D eigenvalue weighted by atomic mass is 79.9. The van der Waals surface area contributed by atoms with E-state index >= 15 is 0 Å². The molecule has 2 N–H and O–H groups in total. The van der Waals surface area contributed by atoms with E-state index < -0.39 is 11.4 Å². The van der Waals surface area contributed by atoms with E-state index in [0.717, 1.165) is 0 Å². The van der Waals surface area contributed by atoms with Gasteiger partial charge in [-0.2, -0.15) is 0 Å². The van der Waals surface area contributed by atoms with E-state index in [9.17, 15) is 9.18 Å². The molecule has 1 aliphatic heterocycles. The van der Waals surface area contributed by atoms with Gasteiger partial charge in [0, 0.05) is 17.7 Å². The number of nitrogens with two attached hydrogens (primary N) is 1. The topological polar surface area (TPSA) is 52.3 Å². The molecule has 0 unspecified atom stereocenters. The summed E-state index contributed by atoms with van der Waals surface area (Å²) < 4.78 is 19.5. The van der Waals surface area contributed by atoms with Crippen LogP contribution in [0.25, 0.3) is 0 Å². The SMILES string of the molecule is NC1(C(=O)c2cc(Br)ccc2F)CCOCC1. The maximum absolute atomic E-state index is 13.6. The molecule has 0 atom stereocenters. The first-order chi connectivity index (χ1) is 8.03. The number of Topliss-reactive ketones (excluding diaryl/α,β-unsaturated/α-hetero) is 1. The van der Waals surface area contributed by atoms with Crippen molar-refractivity contribution in [3.8, 4) is 0 Å². The number of rotatable bonds is 2. The zero-order valence-corrected chi connectivity index (χ0v) is 10.8. The molecule has 1 aromatic carbocycles. The van der Waals surface area contributed by atoms with Gasteiger partial charge in [-0.05, 0) is 31.0 Å². The van der Waals surface area contributed by atoms with Gasteiger partial charge in [-0.15, -0.1) is 0 Å². The molecule has 1 saturated heterocycles. The highest BCUT2D eigenvalue weighted by Crippen LogP contribution is 2.25. The predicted octanol–water partition coefficient (Wildman–Crippen LogP) is 2.28. The summed E-state index contributed by atoms with van der Waals surface area (Å²) in [5.74, 6) is -0.880. The molecule has 92 valence electrons.